The van der Waals surface area contributed by atoms with Crippen molar-refractivity contribution in [3.63, 3.8) is 0 Å². The molecule has 0 aromatic carbocycles. The van der Waals surface area contributed by atoms with Gasteiger partial charge in [0.25, 0.3) is 6.43 Å². The Hall–Kier alpha value is -1.30. The van der Waals surface area contributed by atoms with Gasteiger partial charge in [0.15, 0.2) is 5.69 Å². The number of aromatic nitrogens is 1. The van der Waals surface area contributed by atoms with Crippen LogP contribution in [0.1, 0.15) is 28.0 Å². The molecule has 7 heteroatoms. The first-order valence-corrected chi connectivity index (χ1v) is 5.05. The van der Waals surface area contributed by atoms with E-state index in [0.29, 0.717) is 0 Å². The van der Waals surface area contributed by atoms with Crippen LogP contribution in [-0.4, -0.2) is 18.1 Å². The standard InChI is InChI=1S/C9H5F2IN2O2/c1-16-9(15)7-5(2-13)14-3-4(12)6(7)8(10)11/h3,8H,1H3. The van der Waals surface area contributed by atoms with E-state index in [1.54, 1.807) is 28.7 Å². The van der Waals surface area contributed by atoms with Crippen LogP contribution in [0.5, 0.6) is 0 Å². The van der Waals surface area contributed by atoms with Gasteiger partial charge in [-0.2, -0.15) is 5.26 Å². The molecule has 0 bridgehead atoms. The highest BCUT2D eigenvalue weighted by molar-refractivity contribution is 14.1. The predicted octanol–water partition coefficient (Wildman–Crippen LogP) is 2.28. The van der Waals surface area contributed by atoms with Crippen molar-refractivity contribution in [3.8, 4) is 6.07 Å². The molecule has 0 radical (unpaired) electrons. The predicted molar refractivity (Wildman–Crippen MR) is 58.0 cm³/mol. The molecule has 1 heterocycles. The fraction of sp³-hybridized carbons (Fsp3) is 0.222. The highest BCUT2D eigenvalue weighted by Gasteiger charge is 2.26. The number of rotatable bonds is 2. The summed E-state index contributed by atoms with van der Waals surface area (Å²) in [6.45, 7) is 0. The van der Waals surface area contributed by atoms with Crippen LogP contribution in [0.25, 0.3) is 0 Å². The second-order valence-corrected chi connectivity index (χ2v) is 3.81. The number of carbonyl (C=O) groups is 1. The summed E-state index contributed by atoms with van der Waals surface area (Å²) in [7, 11) is 1.05. The molecule has 1 aromatic heterocycles. The Labute approximate surface area is 103 Å². The maximum absolute atomic E-state index is 12.8. The van der Waals surface area contributed by atoms with Gasteiger partial charge in [0.2, 0.25) is 0 Å². The zero-order valence-corrected chi connectivity index (χ0v) is 10.2. The van der Waals surface area contributed by atoms with E-state index < -0.39 is 23.5 Å². The van der Waals surface area contributed by atoms with Crippen LogP contribution in [-0.2, 0) is 4.74 Å². The molecule has 1 rings (SSSR count). The average Bonchev–Trinajstić information content (AvgIpc) is 2.27. The fourth-order valence-corrected chi connectivity index (χ4v) is 1.75. The number of esters is 1. The van der Waals surface area contributed by atoms with Crippen LogP contribution in [0.3, 0.4) is 0 Å². The van der Waals surface area contributed by atoms with Gasteiger partial charge < -0.3 is 4.74 Å². The van der Waals surface area contributed by atoms with Crippen LogP contribution in [0.2, 0.25) is 0 Å². The summed E-state index contributed by atoms with van der Waals surface area (Å²) >= 11 is 1.62. The van der Waals surface area contributed by atoms with Crippen LogP contribution >= 0.6 is 22.6 Å². The molecule has 0 saturated heterocycles. The topological polar surface area (TPSA) is 63.0 Å². The number of alkyl halides is 2. The number of carbonyl (C=O) groups excluding carboxylic acids is 1. The van der Waals surface area contributed by atoms with E-state index in [9.17, 15) is 13.6 Å². The molecule has 0 unspecified atom stereocenters. The first-order chi connectivity index (χ1) is 7.52. The summed E-state index contributed by atoms with van der Waals surface area (Å²) in [5.74, 6) is -0.988. The maximum Gasteiger partial charge on any atom is 0.341 e. The van der Waals surface area contributed by atoms with Gasteiger partial charge in [-0.15, -0.1) is 0 Å². The molecule has 0 aliphatic carbocycles. The molecule has 4 nitrogen and oxygen atoms in total. The second kappa shape index (κ2) is 5.16. The molecule has 0 N–H and O–H groups in total. The maximum atomic E-state index is 12.8. The van der Waals surface area contributed by atoms with Gasteiger partial charge in [0.1, 0.15) is 11.6 Å². The molecule has 0 aliphatic rings. The third-order valence-electron chi connectivity index (χ3n) is 1.78. The average molecular weight is 338 g/mol. The summed E-state index contributed by atoms with van der Waals surface area (Å²) in [4.78, 5) is 14.9. The number of hydrogen-bond acceptors (Lipinski definition) is 4. The third-order valence-corrected chi connectivity index (χ3v) is 2.64. The molecule has 0 aliphatic heterocycles. The van der Waals surface area contributed by atoms with Crippen LogP contribution in [0.4, 0.5) is 8.78 Å². The summed E-state index contributed by atoms with van der Waals surface area (Å²) in [5, 5.41) is 8.69. The van der Waals surface area contributed by atoms with E-state index in [2.05, 4.69) is 9.72 Å². The zero-order valence-electron chi connectivity index (χ0n) is 8.00. The van der Waals surface area contributed by atoms with Gasteiger partial charge in [0, 0.05) is 9.77 Å². The van der Waals surface area contributed by atoms with Gasteiger partial charge in [0.05, 0.1) is 12.7 Å². The van der Waals surface area contributed by atoms with Gasteiger partial charge in [-0.1, -0.05) is 0 Å². The second-order valence-electron chi connectivity index (χ2n) is 2.65. The van der Waals surface area contributed by atoms with Crippen molar-refractivity contribution in [2.45, 2.75) is 6.43 Å². The largest absolute Gasteiger partial charge is 0.465 e. The van der Waals surface area contributed by atoms with Crippen molar-refractivity contribution in [1.29, 1.82) is 5.26 Å². The van der Waals surface area contributed by atoms with E-state index in [1.165, 1.54) is 0 Å². The Morgan fingerprint density at radius 2 is 2.31 bits per heavy atom. The van der Waals surface area contributed by atoms with E-state index >= 15 is 0 Å². The molecular formula is C9H5F2IN2O2. The number of nitrogens with zero attached hydrogens (tertiary/aromatic N) is 2. The van der Waals surface area contributed by atoms with E-state index in [-0.39, 0.29) is 9.26 Å². The Balaban J connectivity index is 3.57. The molecule has 0 amide bonds. The van der Waals surface area contributed by atoms with Crippen LogP contribution in [0.15, 0.2) is 6.20 Å². The normalized spacial score (nSPS) is 10.0. The minimum atomic E-state index is -2.86. The van der Waals surface area contributed by atoms with Crippen LogP contribution < -0.4 is 0 Å². The fourth-order valence-electron chi connectivity index (χ4n) is 1.11. The van der Waals surface area contributed by atoms with Crippen molar-refractivity contribution < 1.29 is 18.3 Å². The number of halogens is 3. The van der Waals surface area contributed by atoms with Crippen molar-refractivity contribution in [3.05, 3.63) is 26.6 Å². The summed E-state index contributed by atoms with van der Waals surface area (Å²) in [5.41, 5.74) is -1.34. The molecule has 84 valence electrons. The lowest BCUT2D eigenvalue weighted by Crippen LogP contribution is -2.12. The van der Waals surface area contributed by atoms with Crippen molar-refractivity contribution in [2.75, 3.05) is 7.11 Å². The molecule has 0 fully saturated rings. The van der Waals surface area contributed by atoms with E-state index in [4.69, 9.17) is 5.26 Å². The summed E-state index contributed by atoms with van der Waals surface area (Å²) in [6.07, 6.45) is -1.75. The van der Waals surface area contributed by atoms with Crippen molar-refractivity contribution >= 4 is 28.6 Å². The SMILES string of the molecule is COC(=O)c1c(C#N)ncc(I)c1C(F)F. The first-order valence-electron chi connectivity index (χ1n) is 3.97. The van der Waals surface area contributed by atoms with Gasteiger partial charge in [-0.25, -0.2) is 18.6 Å². The van der Waals surface area contributed by atoms with E-state index in [0.717, 1.165) is 13.3 Å². The number of nitriles is 1. The van der Waals surface area contributed by atoms with Gasteiger partial charge in [-0.05, 0) is 22.6 Å². The number of hydrogen-bond donors (Lipinski definition) is 0. The molecule has 1 aromatic rings. The lowest BCUT2D eigenvalue weighted by atomic mass is 10.1. The highest BCUT2D eigenvalue weighted by atomic mass is 127. The van der Waals surface area contributed by atoms with Gasteiger partial charge >= 0.3 is 5.97 Å². The molecule has 0 atom stereocenters. The number of methoxy groups -OCH3 is 1. The number of ether oxygens (including phenoxy) is 1. The Kier molecular flexibility index (Phi) is 4.12. The smallest absolute Gasteiger partial charge is 0.341 e. The Morgan fingerprint density at radius 1 is 1.69 bits per heavy atom. The van der Waals surface area contributed by atoms with E-state index in [1.807, 2.05) is 0 Å². The first kappa shape index (κ1) is 12.8. The van der Waals surface area contributed by atoms with Crippen molar-refractivity contribution in [1.82, 2.24) is 4.98 Å². The third kappa shape index (κ3) is 2.27. The lowest BCUT2D eigenvalue weighted by Gasteiger charge is -2.09. The monoisotopic (exact) mass is 338 g/mol. The van der Waals surface area contributed by atoms with Gasteiger partial charge in [-0.3, -0.25) is 0 Å². The van der Waals surface area contributed by atoms with Crippen molar-refractivity contribution in [2.24, 2.45) is 0 Å². The Morgan fingerprint density at radius 3 is 2.75 bits per heavy atom. The lowest BCUT2D eigenvalue weighted by molar-refractivity contribution is 0.0588. The minimum absolute atomic E-state index is 0.118. The summed E-state index contributed by atoms with van der Waals surface area (Å²) < 4.78 is 30.0. The van der Waals surface area contributed by atoms with Crippen LogP contribution in [0, 0.1) is 14.9 Å². The highest BCUT2D eigenvalue weighted by Crippen LogP contribution is 2.29. The molecule has 0 saturated carbocycles. The quantitative estimate of drug-likeness (QED) is 0.613. The molecule has 0 spiro atoms. The minimum Gasteiger partial charge on any atom is -0.465 e. The molecule has 16 heavy (non-hydrogen) atoms. The molecular weight excluding hydrogens is 333 g/mol. The summed E-state index contributed by atoms with van der Waals surface area (Å²) in [6, 6.07) is 1.58. The number of pyridine rings is 1. The Bertz CT molecular complexity index is 471. The zero-order chi connectivity index (χ0) is 12.3.